The molecule has 1 heterocycles. The predicted molar refractivity (Wildman–Crippen MR) is 69.2 cm³/mol. The van der Waals surface area contributed by atoms with Crippen LogP contribution >= 0.6 is 15.9 Å². The van der Waals surface area contributed by atoms with E-state index in [2.05, 4.69) is 15.9 Å². The van der Waals surface area contributed by atoms with Crippen molar-refractivity contribution in [3.63, 3.8) is 0 Å². The molecule has 5 heteroatoms. The first-order chi connectivity index (χ1) is 8.62. The molecule has 3 rings (SSSR count). The highest BCUT2D eigenvalue weighted by molar-refractivity contribution is 9.10. The van der Waals surface area contributed by atoms with Crippen molar-refractivity contribution < 1.29 is 13.9 Å². The minimum atomic E-state index is -0.595. The van der Waals surface area contributed by atoms with Crippen LogP contribution in [-0.2, 0) is 5.54 Å². The SMILES string of the molecule is NC1(c2c(F)cc3c(c2Br)OCO3)CCCCC1. The summed E-state index contributed by atoms with van der Waals surface area (Å²) in [5.74, 6) is 0.708. The molecule has 1 aliphatic heterocycles. The van der Waals surface area contributed by atoms with E-state index in [0.717, 1.165) is 25.7 Å². The van der Waals surface area contributed by atoms with Crippen LogP contribution in [0.3, 0.4) is 0 Å². The molecule has 1 saturated carbocycles. The summed E-state index contributed by atoms with van der Waals surface area (Å²) in [5, 5.41) is 0. The van der Waals surface area contributed by atoms with E-state index in [0.29, 0.717) is 21.5 Å². The van der Waals surface area contributed by atoms with E-state index in [4.69, 9.17) is 15.2 Å². The first-order valence-electron chi connectivity index (χ1n) is 6.19. The molecule has 0 atom stereocenters. The Bertz CT molecular complexity index is 486. The van der Waals surface area contributed by atoms with Gasteiger partial charge < -0.3 is 15.2 Å². The maximum Gasteiger partial charge on any atom is 0.231 e. The van der Waals surface area contributed by atoms with Gasteiger partial charge in [0, 0.05) is 17.2 Å². The van der Waals surface area contributed by atoms with Gasteiger partial charge in [-0.2, -0.15) is 0 Å². The quantitative estimate of drug-likeness (QED) is 0.863. The first kappa shape index (κ1) is 12.2. The number of hydrogen-bond donors (Lipinski definition) is 1. The highest BCUT2D eigenvalue weighted by Gasteiger charge is 2.37. The molecular formula is C13H15BrFNO2. The van der Waals surface area contributed by atoms with Crippen LogP contribution in [0.4, 0.5) is 4.39 Å². The molecule has 2 aliphatic rings. The van der Waals surface area contributed by atoms with E-state index in [1.165, 1.54) is 12.5 Å². The van der Waals surface area contributed by atoms with E-state index in [1.54, 1.807) is 0 Å². The predicted octanol–water partition coefficient (Wildman–Crippen LogP) is 3.44. The molecule has 3 nitrogen and oxygen atoms in total. The van der Waals surface area contributed by atoms with Crippen molar-refractivity contribution in [1.29, 1.82) is 0 Å². The Morgan fingerprint density at radius 1 is 1.22 bits per heavy atom. The van der Waals surface area contributed by atoms with Gasteiger partial charge in [-0.25, -0.2) is 4.39 Å². The number of benzene rings is 1. The van der Waals surface area contributed by atoms with Crippen LogP contribution in [0.15, 0.2) is 10.5 Å². The Morgan fingerprint density at radius 2 is 1.94 bits per heavy atom. The molecule has 1 aromatic carbocycles. The zero-order chi connectivity index (χ0) is 12.8. The maximum absolute atomic E-state index is 14.3. The Morgan fingerprint density at radius 3 is 2.67 bits per heavy atom. The Balaban J connectivity index is 2.11. The molecule has 1 aromatic rings. The normalized spacial score (nSPS) is 21.1. The zero-order valence-corrected chi connectivity index (χ0v) is 11.6. The van der Waals surface area contributed by atoms with E-state index >= 15 is 0 Å². The topological polar surface area (TPSA) is 44.5 Å². The van der Waals surface area contributed by atoms with Crippen molar-refractivity contribution >= 4 is 15.9 Å². The highest BCUT2D eigenvalue weighted by atomic mass is 79.9. The lowest BCUT2D eigenvalue weighted by Gasteiger charge is -2.35. The molecule has 0 amide bonds. The summed E-state index contributed by atoms with van der Waals surface area (Å²) >= 11 is 3.43. The van der Waals surface area contributed by atoms with Gasteiger partial charge in [0.05, 0.1) is 4.47 Å². The fourth-order valence-electron chi connectivity index (χ4n) is 2.86. The van der Waals surface area contributed by atoms with Crippen molar-refractivity contribution in [3.8, 4) is 11.5 Å². The molecule has 18 heavy (non-hydrogen) atoms. The van der Waals surface area contributed by atoms with Gasteiger partial charge in [-0.05, 0) is 28.8 Å². The van der Waals surface area contributed by atoms with Crippen LogP contribution < -0.4 is 15.2 Å². The van der Waals surface area contributed by atoms with Gasteiger partial charge in [0.15, 0.2) is 11.5 Å². The lowest BCUT2D eigenvalue weighted by molar-refractivity contribution is 0.173. The van der Waals surface area contributed by atoms with Gasteiger partial charge in [0.2, 0.25) is 6.79 Å². The third-order valence-corrected chi connectivity index (χ3v) is 4.56. The Kier molecular flexibility index (Phi) is 2.98. The minimum absolute atomic E-state index is 0.133. The standard InChI is InChI=1S/C13H15BrFNO2/c14-11-10(13(16)4-2-1-3-5-13)8(15)6-9-12(11)18-7-17-9/h6H,1-5,7,16H2. The summed E-state index contributed by atoms with van der Waals surface area (Å²) in [6, 6.07) is 1.38. The highest BCUT2D eigenvalue weighted by Crippen LogP contribution is 2.48. The Labute approximate surface area is 114 Å². The third-order valence-electron chi connectivity index (χ3n) is 3.80. The molecule has 0 spiro atoms. The van der Waals surface area contributed by atoms with Crippen molar-refractivity contribution in [2.24, 2.45) is 5.73 Å². The molecule has 98 valence electrons. The van der Waals surface area contributed by atoms with Crippen molar-refractivity contribution in [1.82, 2.24) is 0 Å². The van der Waals surface area contributed by atoms with Crippen molar-refractivity contribution in [2.75, 3.05) is 6.79 Å². The minimum Gasteiger partial charge on any atom is -0.453 e. The van der Waals surface area contributed by atoms with Crippen LogP contribution in [0.25, 0.3) is 0 Å². The van der Waals surface area contributed by atoms with E-state index in [9.17, 15) is 4.39 Å². The van der Waals surface area contributed by atoms with E-state index in [-0.39, 0.29) is 12.6 Å². The third kappa shape index (κ3) is 1.80. The Hall–Kier alpha value is -0.810. The fraction of sp³-hybridized carbons (Fsp3) is 0.538. The van der Waals surface area contributed by atoms with Crippen LogP contribution in [0.5, 0.6) is 11.5 Å². The monoisotopic (exact) mass is 315 g/mol. The van der Waals surface area contributed by atoms with Crippen molar-refractivity contribution in [2.45, 2.75) is 37.6 Å². The van der Waals surface area contributed by atoms with Gasteiger partial charge in [-0.3, -0.25) is 0 Å². The molecule has 1 fully saturated rings. The summed E-state index contributed by atoms with van der Waals surface area (Å²) < 4.78 is 25.5. The van der Waals surface area contributed by atoms with Gasteiger partial charge in [0.25, 0.3) is 0 Å². The molecule has 0 bridgehead atoms. The van der Waals surface area contributed by atoms with Gasteiger partial charge in [-0.15, -0.1) is 0 Å². The molecule has 0 radical (unpaired) electrons. The molecule has 1 aliphatic carbocycles. The number of nitrogens with two attached hydrogens (primary N) is 1. The fourth-order valence-corrected chi connectivity index (χ4v) is 3.76. The average Bonchev–Trinajstić information content (AvgIpc) is 2.77. The van der Waals surface area contributed by atoms with Crippen LogP contribution in [0, 0.1) is 5.82 Å². The van der Waals surface area contributed by atoms with Crippen molar-refractivity contribution in [3.05, 3.63) is 21.9 Å². The second kappa shape index (κ2) is 4.38. The second-order valence-corrected chi connectivity index (χ2v) is 5.79. The second-order valence-electron chi connectivity index (χ2n) is 5.00. The molecule has 0 saturated heterocycles. The number of rotatable bonds is 1. The lowest BCUT2D eigenvalue weighted by atomic mass is 9.77. The summed E-state index contributed by atoms with van der Waals surface area (Å²) in [7, 11) is 0. The van der Waals surface area contributed by atoms with Gasteiger partial charge in [-0.1, -0.05) is 19.3 Å². The van der Waals surface area contributed by atoms with Crippen LogP contribution in [0.2, 0.25) is 0 Å². The number of halogens is 2. The summed E-state index contributed by atoms with van der Waals surface area (Å²) in [6.07, 6.45) is 4.86. The van der Waals surface area contributed by atoms with Gasteiger partial charge in [0.1, 0.15) is 5.82 Å². The van der Waals surface area contributed by atoms with Crippen LogP contribution in [-0.4, -0.2) is 6.79 Å². The molecular weight excluding hydrogens is 301 g/mol. The first-order valence-corrected chi connectivity index (χ1v) is 6.98. The largest absolute Gasteiger partial charge is 0.453 e. The summed E-state index contributed by atoms with van der Waals surface area (Å²) in [4.78, 5) is 0. The smallest absolute Gasteiger partial charge is 0.231 e. The zero-order valence-electron chi connectivity index (χ0n) is 9.97. The number of hydrogen-bond acceptors (Lipinski definition) is 3. The summed E-state index contributed by atoms with van der Waals surface area (Å²) in [6.45, 7) is 0.133. The number of ether oxygens (including phenoxy) is 2. The van der Waals surface area contributed by atoms with E-state index < -0.39 is 5.54 Å². The van der Waals surface area contributed by atoms with Crippen LogP contribution in [0.1, 0.15) is 37.7 Å². The average molecular weight is 316 g/mol. The van der Waals surface area contributed by atoms with Gasteiger partial charge >= 0.3 is 0 Å². The molecule has 2 N–H and O–H groups in total. The molecule has 0 unspecified atom stereocenters. The summed E-state index contributed by atoms with van der Waals surface area (Å²) in [5.41, 5.74) is 6.35. The maximum atomic E-state index is 14.3. The lowest BCUT2D eigenvalue weighted by Crippen LogP contribution is -2.39. The van der Waals surface area contributed by atoms with E-state index in [1.807, 2.05) is 0 Å². The molecule has 0 aromatic heterocycles. The number of fused-ring (bicyclic) bond motifs is 1.